The molecule has 0 atom stereocenters. The number of hydrogen-bond donors (Lipinski definition) is 0. The minimum Gasteiger partial charge on any atom is -0.194 e. The van der Waals surface area contributed by atoms with Crippen LogP contribution in [0, 0.1) is 10.1 Å². The lowest BCUT2D eigenvalue weighted by Gasteiger charge is -1.77. The van der Waals surface area contributed by atoms with Gasteiger partial charge in [0.1, 0.15) is 0 Å². The zero-order valence-corrected chi connectivity index (χ0v) is 6.80. The highest BCUT2D eigenvalue weighted by molar-refractivity contribution is 6.34. The molecule has 0 bridgehead atoms. The molecular formula is C4H12NO2Si. The topological polar surface area (TPSA) is 54.2 Å². The summed E-state index contributed by atoms with van der Waals surface area (Å²) >= 11 is 0. The molecule has 1 radical (unpaired) electrons. The lowest BCUT2D eigenvalue weighted by Crippen LogP contribution is -1.76. The summed E-state index contributed by atoms with van der Waals surface area (Å²) in [5.41, 5.74) is 0. The fourth-order valence-corrected chi connectivity index (χ4v) is 1.06. The van der Waals surface area contributed by atoms with Gasteiger partial charge in [-0.2, -0.15) is 10.1 Å². The second-order valence-corrected chi connectivity index (χ2v) is 4.14. The van der Waals surface area contributed by atoms with Crippen LogP contribution in [0.2, 0.25) is 12.1 Å². The maximum Gasteiger partial charge on any atom is 0.387 e. The molecule has 0 aliphatic rings. The van der Waals surface area contributed by atoms with Crippen molar-refractivity contribution in [2.24, 2.45) is 0 Å². The Morgan fingerprint density at radius 1 is 1.50 bits per heavy atom. The van der Waals surface area contributed by atoms with E-state index >= 15 is 0 Å². The van der Waals surface area contributed by atoms with Crippen molar-refractivity contribution in [3.05, 3.63) is 10.1 Å². The van der Waals surface area contributed by atoms with Crippen LogP contribution in [-0.4, -0.2) is 9.52 Å². The average molecular weight is 134 g/mol. The van der Waals surface area contributed by atoms with Crippen LogP contribution in [0.3, 0.4) is 0 Å². The minimum atomic E-state index is 0.432. The summed E-state index contributed by atoms with van der Waals surface area (Å²) in [6.07, 6.45) is 0. The van der Waals surface area contributed by atoms with Crippen molar-refractivity contribution in [2.45, 2.75) is 25.9 Å². The Morgan fingerprint density at radius 3 is 1.75 bits per heavy atom. The highest BCUT2D eigenvalue weighted by Crippen LogP contribution is 1.77. The van der Waals surface area contributed by atoms with Gasteiger partial charge >= 0.3 is 5.34 Å². The Balaban J connectivity index is 0. The van der Waals surface area contributed by atoms with Crippen molar-refractivity contribution in [1.82, 2.24) is 5.34 Å². The van der Waals surface area contributed by atoms with Gasteiger partial charge in [0.2, 0.25) is 0 Å². The van der Waals surface area contributed by atoms with Crippen LogP contribution in [0.15, 0.2) is 0 Å². The van der Waals surface area contributed by atoms with Gasteiger partial charge in [0, 0.05) is 9.52 Å². The zero-order valence-electron chi connectivity index (χ0n) is 5.39. The predicted octanol–water partition coefficient (Wildman–Crippen LogP) is 0.618. The summed E-state index contributed by atoms with van der Waals surface area (Å²) in [7, 11) is 0.432. The van der Waals surface area contributed by atoms with E-state index in [0.29, 0.717) is 9.52 Å². The standard InChI is InChI=1S/C4H12Si.NO2/c1-3-5-4-2;2-1-3/h3-5H2,1-2H3;. The van der Waals surface area contributed by atoms with Gasteiger partial charge in [-0.05, 0) is 0 Å². The molecule has 0 aromatic heterocycles. The van der Waals surface area contributed by atoms with Crippen LogP contribution in [0.25, 0.3) is 0 Å². The second kappa shape index (κ2) is 16.0. The highest BCUT2D eigenvalue weighted by Gasteiger charge is 1.70. The monoisotopic (exact) mass is 134 g/mol. The lowest BCUT2D eigenvalue weighted by molar-refractivity contribution is 1.36. The largest absolute Gasteiger partial charge is 0.387 e. The molecule has 49 valence electrons. The molecule has 0 aromatic rings. The molecule has 0 amide bonds. The van der Waals surface area contributed by atoms with E-state index < -0.39 is 0 Å². The van der Waals surface area contributed by atoms with Gasteiger partial charge in [-0.15, -0.1) is 0 Å². The fraction of sp³-hybridized carbons (Fsp3) is 1.00. The first-order valence-corrected chi connectivity index (χ1v) is 4.78. The maximum absolute atomic E-state index is 8.00. The van der Waals surface area contributed by atoms with Crippen LogP contribution in [0.4, 0.5) is 0 Å². The summed E-state index contributed by atoms with van der Waals surface area (Å²) < 4.78 is 0. The van der Waals surface area contributed by atoms with Gasteiger partial charge in [0.05, 0.1) is 0 Å². The summed E-state index contributed by atoms with van der Waals surface area (Å²) in [5, 5.41) is 9.00. The van der Waals surface area contributed by atoms with Gasteiger partial charge in [0.15, 0.2) is 0 Å². The molecule has 0 aliphatic heterocycles. The van der Waals surface area contributed by atoms with Crippen LogP contribution in [0.1, 0.15) is 13.8 Å². The molecule has 0 rings (SSSR count). The first-order valence-electron chi connectivity index (χ1n) is 2.78. The summed E-state index contributed by atoms with van der Waals surface area (Å²) in [6.45, 7) is 4.55. The molecule has 0 N–H and O–H groups in total. The quantitative estimate of drug-likeness (QED) is 0.316. The molecule has 0 aromatic carbocycles. The van der Waals surface area contributed by atoms with E-state index in [1.165, 1.54) is 12.1 Å². The third kappa shape index (κ3) is 45.8. The smallest absolute Gasteiger partial charge is 0.194 e. The molecule has 0 aliphatic carbocycles. The van der Waals surface area contributed by atoms with Crippen molar-refractivity contribution in [1.29, 1.82) is 0 Å². The first kappa shape index (κ1) is 10.6. The van der Waals surface area contributed by atoms with Crippen molar-refractivity contribution in [3.63, 3.8) is 0 Å². The molecule has 0 spiro atoms. The van der Waals surface area contributed by atoms with Gasteiger partial charge in [-0.25, -0.2) is 0 Å². The van der Waals surface area contributed by atoms with Crippen molar-refractivity contribution in [2.75, 3.05) is 0 Å². The van der Waals surface area contributed by atoms with Crippen LogP contribution in [0.5, 0.6) is 0 Å². The van der Waals surface area contributed by atoms with E-state index in [4.69, 9.17) is 10.1 Å². The van der Waals surface area contributed by atoms with Crippen molar-refractivity contribution in [3.8, 4) is 0 Å². The average Bonchev–Trinajstić information content (AvgIpc) is 1.71. The fourth-order valence-electron chi connectivity index (χ4n) is 0.354. The Bertz CT molecular complexity index is 41.0. The van der Waals surface area contributed by atoms with E-state index in [0.717, 1.165) is 5.34 Å². The minimum absolute atomic E-state index is 0.432. The van der Waals surface area contributed by atoms with Gasteiger partial charge in [-0.3, -0.25) is 0 Å². The Kier molecular flexibility index (Phi) is 21.1. The molecule has 0 saturated carbocycles. The summed E-state index contributed by atoms with van der Waals surface area (Å²) in [5.74, 6) is 0. The molecular weight excluding hydrogens is 122 g/mol. The van der Waals surface area contributed by atoms with Crippen molar-refractivity contribution < 1.29 is 0 Å². The van der Waals surface area contributed by atoms with Crippen LogP contribution >= 0.6 is 0 Å². The SMILES string of the molecule is CC[SiH2]CC.O=[N+][O-]. The van der Waals surface area contributed by atoms with E-state index in [2.05, 4.69) is 13.8 Å². The van der Waals surface area contributed by atoms with E-state index in [9.17, 15) is 0 Å². The highest BCUT2D eigenvalue weighted by atomic mass is 28.2. The molecule has 4 heteroatoms. The predicted molar refractivity (Wildman–Crippen MR) is 38.4 cm³/mol. The Morgan fingerprint density at radius 2 is 1.75 bits per heavy atom. The maximum atomic E-state index is 8.00. The van der Waals surface area contributed by atoms with E-state index in [1.807, 2.05) is 0 Å². The van der Waals surface area contributed by atoms with E-state index in [-0.39, 0.29) is 0 Å². The first-order chi connectivity index (χ1) is 3.83. The third-order valence-electron chi connectivity index (χ3n) is 0.707. The zero-order chi connectivity index (χ0) is 6.83. The summed E-state index contributed by atoms with van der Waals surface area (Å²) in [6, 6.07) is 2.97. The second-order valence-electron chi connectivity index (χ2n) is 1.43. The number of rotatable bonds is 2. The number of hydrogen-bond acceptors (Lipinski definition) is 3. The van der Waals surface area contributed by atoms with Crippen molar-refractivity contribution >= 4 is 9.52 Å². The van der Waals surface area contributed by atoms with Gasteiger partial charge in [0.25, 0.3) is 0 Å². The van der Waals surface area contributed by atoms with Crippen LogP contribution < -0.4 is 5.34 Å². The van der Waals surface area contributed by atoms with Gasteiger partial charge in [-0.1, -0.05) is 25.9 Å². The number of nitrogens with zero attached hydrogens (tertiary/aromatic N) is 1. The van der Waals surface area contributed by atoms with E-state index in [1.54, 1.807) is 0 Å². The molecule has 0 saturated heterocycles. The molecule has 0 unspecified atom stereocenters. The third-order valence-corrected chi connectivity index (χ3v) is 2.12. The molecule has 0 fully saturated rings. The lowest BCUT2D eigenvalue weighted by atomic mass is 11.0. The normalized spacial score (nSPS) is 6.75. The molecule has 8 heavy (non-hydrogen) atoms. The Labute approximate surface area is 51.9 Å². The summed E-state index contributed by atoms with van der Waals surface area (Å²) in [4.78, 5) is 8.00. The van der Waals surface area contributed by atoms with Gasteiger partial charge < -0.3 is 0 Å². The molecule has 3 nitrogen and oxygen atoms in total. The van der Waals surface area contributed by atoms with Crippen LogP contribution in [-0.2, 0) is 0 Å². The Hall–Kier alpha value is -0.383. The molecule has 0 heterocycles.